The molecular weight excluding hydrogens is 310 g/mol. The molecule has 0 aliphatic rings. The number of thiophene rings is 1. The highest BCUT2D eigenvalue weighted by Gasteiger charge is 2.27. The van der Waals surface area contributed by atoms with Crippen molar-refractivity contribution in [2.45, 2.75) is 29.5 Å². The predicted octanol–water partition coefficient (Wildman–Crippen LogP) is 3.25. The van der Waals surface area contributed by atoms with E-state index in [1.54, 1.807) is 30.9 Å². The zero-order chi connectivity index (χ0) is 13.8. The number of thioether (sulfide) groups is 1. The molecule has 0 bridgehead atoms. The van der Waals surface area contributed by atoms with Crippen LogP contribution in [-0.4, -0.2) is 37.8 Å². The number of alkyl halides is 1. The molecular formula is C11H18ClNO2S3. The molecule has 7 heteroatoms. The number of hydrogen-bond donors (Lipinski definition) is 0. The Balaban J connectivity index is 2.97. The van der Waals surface area contributed by atoms with Crippen LogP contribution in [0.5, 0.6) is 0 Å². The molecule has 0 radical (unpaired) electrons. The van der Waals surface area contributed by atoms with Crippen LogP contribution in [0.1, 0.15) is 18.2 Å². The lowest BCUT2D eigenvalue weighted by Crippen LogP contribution is -2.37. The predicted molar refractivity (Wildman–Crippen MR) is 81.3 cm³/mol. The summed E-state index contributed by atoms with van der Waals surface area (Å²) in [5, 5.41) is 0. The smallest absolute Gasteiger partial charge is 0.206 e. The summed E-state index contributed by atoms with van der Waals surface area (Å²) in [6, 6.07) is 3.44. The minimum absolute atomic E-state index is 0.0338. The van der Waals surface area contributed by atoms with Gasteiger partial charge in [-0.2, -0.15) is 16.1 Å². The van der Waals surface area contributed by atoms with Gasteiger partial charge in [0.1, 0.15) is 4.21 Å². The van der Waals surface area contributed by atoms with Gasteiger partial charge in [0.15, 0.2) is 0 Å². The van der Waals surface area contributed by atoms with Gasteiger partial charge in [0.25, 0.3) is 10.0 Å². The van der Waals surface area contributed by atoms with Crippen molar-refractivity contribution in [3.63, 3.8) is 0 Å². The summed E-state index contributed by atoms with van der Waals surface area (Å²) in [4.78, 5) is 0.876. The van der Waals surface area contributed by atoms with Gasteiger partial charge in [0, 0.05) is 23.7 Å². The van der Waals surface area contributed by atoms with Gasteiger partial charge in [-0.1, -0.05) is 6.92 Å². The van der Waals surface area contributed by atoms with Gasteiger partial charge in [-0.3, -0.25) is 0 Å². The number of halogens is 1. The fraction of sp³-hybridized carbons (Fsp3) is 0.636. The molecule has 1 unspecified atom stereocenters. The third-order valence-corrected chi connectivity index (χ3v) is 7.37. The summed E-state index contributed by atoms with van der Waals surface area (Å²) < 4.78 is 26.7. The Morgan fingerprint density at radius 2 is 2.17 bits per heavy atom. The van der Waals surface area contributed by atoms with Gasteiger partial charge in [-0.05, 0) is 24.8 Å². The molecule has 1 heterocycles. The zero-order valence-corrected chi connectivity index (χ0v) is 13.9. The van der Waals surface area contributed by atoms with Crippen LogP contribution >= 0.6 is 34.7 Å². The van der Waals surface area contributed by atoms with Gasteiger partial charge < -0.3 is 0 Å². The number of nitrogens with zero attached hydrogens (tertiary/aromatic N) is 1. The topological polar surface area (TPSA) is 37.4 Å². The minimum atomic E-state index is -3.38. The van der Waals surface area contributed by atoms with E-state index in [2.05, 4.69) is 0 Å². The van der Waals surface area contributed by atoms with Gasteiger partial charge in [0.2, 0.25) is 0 Å². The highest BCUT2D eigenvalue weighted by molar-refractivity contribution is 7.98. The van der Waals surface area contributed by atoms with Crippen LogP contribution in [0, 0.1) is 0 Å². The van der Waals surface area contributed by atoms with E-state index in [0.717, 1.165) is 17.1 Å². The molecule has 18 heavy (non-hydrogen) atoms. The molecule has 0 saturated carbocycles. The second-order valence-corrected chi connectivity index (χ2v) is 8.46. The molecule has 0 fully saturated rings. The van der Waals surface area contributed by atoms with Crippen LogP contribution in [-0.2, 0) is 15.9 Å². The Morgan fingerprint density at radius 1 is 1.50 bits per heavy atom. The first-order valence-electron chi connectivity index (χ1n) is 5.59. The molecule has 0 aliphatic heterocycles. The van der Waals surface area contributed by atoms with Gasteiger partial charge in [-0.15, -0.1) is 22.9 Å². The van der Waals surface area contributed by atoms with Gasteiger partial charge in [-0.25, -0.2) is 8.42 Å². The first-order chi connectivity index (χ1) is 8.47. The first kappa shape index (κ1) is 16.3. The average molecular weight is 328 g/mol. The average Bonchev–Trinajstić information content (AvgIpc) is 2.84. The largest absolute Gasteiger partial charge is 0.252 e. The summed E-state index contributed by atoms with van der Waals surface area (Å²) in [5.74, 6) is 1.16. The lowest BCUT2D eigenvalue weighted by molar-refractivity contribution is 0.386. The van der Waals surface area contributed by atoms with Crippen LogP contribution in [0.2, 0.25) is 0 Å². The maximum absolute atomic E-state index is 12.4. The van der Waals surface area contributed by atoms with Crippen LogP contribution < -0.4 is 0 Å². The molecule has 1 atom stereocenters. The quantitative estimate of drug-likeness (QED) is 0.721. The van der Waals surface area contributed by atoms with Crippen molar-refractivity contribution in [1.82, 2.24) is 4.31 Å². The van der Waals surface area contributed by atoms with Crippen molar-refractivity contribution in [3.05, 3.63) is 17.0 Å². The van der Waals surface area contributed by atoms with E-state index in [0.29, 0.717) is 10.1 Å². The fourth-order valence-electron chi connectivity index (χ4n) is 1.58. The van der Waals surface area contributed by atoms with Gasteiger partial charge in [0.05, 0.1) is 5.88 Å². The molecule has 0 aromatic carbocycles. The summed E-state index contributed by atoms with van der Waals surface area (Å²) in [5.41, 5.74) is 0. The maximum Gasteiger partial charge on any atom is 0.252 e. The van der Waals surface area contributed by atoms with Crippen molar-refractivity contribution >= 4 is 44.7 Å². The van der Waals surface area contributed by atoms with Crippen molar-refractivity contribution < 1.29 is 8.42 Å². The van der Waals surface area contributed by atoms with Crippen LogP contribution in [0.4, 0.5) is 0 Å². The van der Waals surface area contributed by atoms with E-state index in [9.17, 15) is 8.42 Å². The van der Waals surface area contributed by atoms with Crippen LogP contribution in [0.15, 0.2) is 16.3 Å². The van der Waals surface area contributed by atoms with Crippen molar-refractivity contribution in [2.24, 2.45) is 0 Å². The summed E-state index contributed by atoms with van der Waals surface area (Å²) in [7, 11) is -1.73. The van der Waals surface area contributed by atoms with Gasteiger partial charge >= 0.3 is 0 Å². The molecule has 1 aromatic rings. The number of sulfonamides is 1. The lowest BCUT2D eigenvalue weighted by atomic mass is 10.3. The highest BCUT2D eigenvalue weighted by Crippen LogP contribution is 2.27. The maximum atomic E-state index is 12.4. The minimum Gasteiger partial charge on any atom is -0.206 e. The molecule has 0 amide bonds. The highest BCUT2D eigenvalue weighted by atomic mass is 35.5. The van der Waals surface area contributed by atoms with Crippen molar-refractivity contribution in [1.29, 1.82) is 0 Å². The first-order valence-corrected chi connectivity index (χ1v) is 9.77. The normalized spacial score (nSPS) is 14.1. The Hall–Kier alpha value is 0.250. The Labute approximate surface area is 123 Å². The van der Waals surface area contributed by atoms with Crippen LogP contribution in [0.3, 0.4) is 0 Å². The molecule has 0 N–H and O–H groups in total. The molecule has 1 aromatic heterocycles. The van der Waals surface area contributed by atoms with E-state index in [1.807, 2.05) is 13.2 Å². The van der Waals surface area contributed by atoms with Crippen molar-refractivity contribution in [2.75, 3.05) is 19.1 Å². The second kappa shape index (κ2) is 7.14. The summed E-state index contributed by atoms with van der Waals surface area (Å²) >= 11 is 8.61. The third-order valence-electron chi connectivity index (χ3n) is 2.75. The zero-order valence-electron chi connectivity index (χ0n) is 10.7. The second-order valence-electron chi connectivity index (χ2n) is 3.89. The molecule has 0 saturated heterocycles. The molecule has 1 rings (SSSR count). The van der Waals surface area contributed by atoms with E-state index in [1.165, 1.54) is 15.6 Å². The Bertz CT molecular complexity index is 472. The van der Waals surface area contributed by atoms with Crippen LogP contribution in [0.25, 0.3) is 0 Å². The molecule has 0 spiro atoms. The van der Waals surface area contributed by atoms with E-state index < -0.39 is 10.0 Å². The number of rotatable bonds is 7. The third kappa shape index (κ3) is 3.63. The molecule has 3 nitrogen and oxygen atoms in total. The van der Waals surface area contributed by atoms with E-state index in [4.69, 9.17) is 11.6 Å². The molecule has 104 valence electrons. The summed E-state index contributed by atoms with van der Waals surface area (Å²) in [6.07, 6.45) is 2.80. The van der Waals surface area contributed by atoms with E-state index >= 15 is 0 Å². The Kier molecular flexibility index (Phi) is 6.47. The lowest BCUT2D eigenvalue weighted by Gasteiger charge is -2.25. The van der Waals surface area contributed by atoms with E-state index in [-0.39, 0.29) is 6.04 Å². The fourth-order valence-corrected chi connectivity index (χ4v) is 5.59. The SMILES string of the molecule is CCC(CSC)N(C)S(=O)(=O)c1ccc(CCl)s1. The standard InChI is InChI=1S/C11H18ClNO2S3/c1-4-9(8-16-3)13(2)18(14,15)11-6-5-10(7-12)17-11/h5-6,9H,4,7-8H2,1-3H3. The Morgan fingerprint density at radius 3 is 2.61 bits per heavy atom. The number of hydrogen-bond acceptors (Lipinski definition) is 4. The summed E-state index contributed by atoms with van der Waals surface area (Å²) in [6.45, 7) is 2.01. The van der Waals surface area contributed by atoms with Crippen molar-refractivity contribution in [3.8, 4) is 0 Å². The monoisotopic (exact) mass is 327 g/mol. The molecule has 0 aliphatic carbocycles.